The highest BCUT2D eigenvalue weighted by Gasteiger charge is 2.95. The van der Waals surface area contributed by atoms with Crippen LogP contribution in [0.4, 0.5) is 65.9 Å². The summed E-state index contributed by atoms with van der Waals surface area (Å²) in [4.78, 5) is 20.2. The van der Waals surface area contributed by atoms with Crippen molar-refractivity contribution in [3.8, 4) is 0 Å². The Balaban J connectivity index is 0. The van der Waals surface area contributed by atoms with E-state index in [4.69, 9.17) is 10.2 Å². The monoisotopic (exact) mass is 584 g/mol. The Morgan fingerprint density at radius 3 is 1.43 bits per heavy atom. The van der Waals surface area contributed by atoms with Gasteiger partial charge in [0.25, 0.3) is 0 Å². The summed E-state index contributed by atoms with van der Waals surface area (Å²) in [5.41, 5.74) is -8.20. The molecule has 0 aliphatic rings. The first kappa shape index (κ1) is 36.5. The van der Waals surface area contributed by atoms with Gasteiger partial charge in [0, 0.05) is 18.1 Å². The summed E-state index contributed by atoms with van der Waals surface area (Å²) in [6, 6.07) is 0. The number of esters is 1. The highest BCUT2D eigenvalue weighted by atomic mass is 19.4. The summed E-state index contributed by atoms with van der Waals surface area (Å²) in [6.45, 7) is 5.67. The summed E-state index contributed by atoms with van der Waals surface area (Å²) in [6.07, 6.45) is -21.8. The fourth-order valence-corrected chi connectivity index (χ4v) is 1.88. The molecule has 1 unspecified atom stereocenters. The summed E-state index contributed by atoms with van der Waals surface area (Å²) in [5, 5.41) is 16.9. The van der Waals surface area contributed by atoms with Gasteiger partial charge in [-0.15, -0.1) is 0 Å². The Labute approximate surface area is 196 Å². The molecule has 0 aliphatic heterocycles. The average molecular weight is 584 g/mol. The molecule has 20 heteroatoms. The van der Waals surface area contributed by atoms with E-state index in [2.05, 4.69) is 17.9 Å². The molecule has 0 amide bonds. The van der Waals surface area contributed by atoms with Gasteiger partial charge in [-0.2, -0.15) is 61.5 Å². The molecule has 0 rings (SSSR count). The topological polar surface area (TPSA) is 83.8 Å². The quantitative estimate of drug-likeness (QED) is 0.202. The average Bonchev–Trinajstić information content (AvgIpc) is 2.68. The summed E-state index contributed by atoms with van der Waals surface area (Å²) in [7, 11) is 0. The van der Waals surface area contributed by atoms with E-state index in [9.17, 15) is 75.4 Å². The zero-order valence-corrected chi connectivity index (χ0v) is 17.8. The number of rotatable bonds is 10. The van der Waals surface area contributed by atoms with Gasteiger partial charge in [-0.25, -0.2) is 14.0 Å². The van der Waals surface area contributed by atoms with Crippen molar-refractivity contribution in [3.63, 3.8) is 0 Å². The van der Waals surface area contributed by atoms with Gasteiger partial charge in [0.15, 0.2) is 0 Å². The molecular formula is C17H15F15O5. The molecule has 0 fully saturated rings. The maximum atomic E-state index is 13.5. The van der Waals surface area contributed by atoms with Crippen molar-refractivity contribution >= 4 is 11.9 Å². The summed E-state index contributed by atoms with van der Waals surface area (Å²) < 4.78 is 199. The third-order valence-corrected chi connectivity index (χ3v) is 3.90. The van der Waals surface area contributed by atoms with Gasteiger partial charge < -0.3 is 14.9 Å². The van der Waals surface area contributed by atoms with E-state index in [-0.39, 0.29) is 5.57 Å². The van der Waals surface area contributed by atoms with Crippen LogP contribution in [0.25, 0.3) is 0 Å². The van der Waals surface area contributed by atoms with Gasteiger partial charge in [0.2, 0.25) is 0 Å². The standard InChI is InChI=1S/C13H9F15O3.C4H6O2/c1-2-6(30)31-4-5(29)3-7(14,15)9(17,18)11(21,22)10(19,20)8(16,12(23,24)25)13(26,27)28;1-3(2)4(5)6/h2,5,29H,1,3-4H2;1H2,2H3,(H,5,6). The molecule has 0 saturated heterocycles. The van der Waals surface area contributed by atoms with Crippen molar-refractivity contribution in [2.45, 2.75) is 61.2 Å². The van der Waals surface area contributed by atoms with Crippen LogP contribution in [-0.4, -0.2) is 76.6 Å². The van der Waals surface area contributed by atoms with Crippen LogP contribution in [0.2, 0.25) is 0 Å². The number of carboxylic acid groups (broad SMARTS) is 1. The van der Waals surface area contributed by atoms with Crippen molar-refractivity contribution < 1.29 is 90.4 Å². The maximum absolute atomic E-state index is 13.5. The van der Waals surface area contributed by atoms with Crippen LogP contribution in [0.15, 0.2) is 24.8 Å². The predicted octanol–water partition coefficient (Wildman–Crippen LogP) is 5.49. The van der Waals surface area contributed by atoms with E-state index in [1.807, 2.05) is 0 Å². The smallest absolute Gasteiger partial charge is 0.438 e. The molecule has 0 aromatic heterocycles. The van der Waals surface area contributed by atoms with Gasteiger partial charge >= 0.3 is 53.7 Å². The largest absolute Gasteiger partial charge is 0.478 e. The molecule has 0 heterocycles. The van der Waals surface area contributed by atoms with Crippen LogP contribution < -0.4 is 0 Å². The number of aliphatic hydroxyl groups excluding tert-OH is 1. The number of halogens is 15. The number of aliphatic carboxylic acids is 1. The van der Waals surface area contributed by atoms with E-state index in [1.165, 1.54) is 6.92 Å². The lowest BCUT2D eigenvalue weighted by Crippen LogP contribution is -2.75. The number of carboxylic acids is 1. The molecule has 0 aromatic rings. The Hall–Kier alpha value is -2.67. The van der Waals surface area contributed by atoms with Crippen molar-refractivity contribution in [3.05, 3.63) is 24.8 Å². The maximum Gasteiger partial charge on any atom is 0.438 e. The second-order valence-corrected chi connectivity index (χ2v) is 6.86. The molecule has 0 bridgehead atoms. The zero-order chi connectivity index (χ0) is 30.6. The van der Waals surface area contributed by atoms with Crippen molar-refractivity contribution in [2.75, 3.05) is 6.61 Å². The molecule has 37 heavy (non-hydrogen) atoms. The lowest BCUT2D eigenvalue weighted by Gasteiger charge is -2.43. The van der Waals surface area contributed by atoms with Crippen LogP contribution in [0.1, 0.15) is 13.3 Å². The molecule has 0 spiro atoms. The predicted molar refractivity (Wildman–Crippen MR) is 90.0 cm³/mol. The molecule has 5 nitrogen and oxygen atoms in total. The third kappa shape index (κ3) is 7.22. The Morgan fingerprint density at radius 2 is 1.16 bits per heavy atom. The highest BCUT2D eigenvalue weighted by Crippen LogP contribution is 2.64. The van der Waals surface area contributed by atoms with Gasteiger partial charge in [-0.3, -0.25) is 0 Å². The van der Waals surface area contributed by atoms with Crippen molar-refractivity contribution in [1.82, 2.24) is 0 Å². The lowest BCUT2D eigenvalue weighted by atomic mass is 9.85. The van der Waals surface area contributed by atoms with Gasteiger partial charge in [-0.05, 0) is 6.92 Å². The van der Waals surface area contributed by atoms with Crippen LogP contribution in [-0.2, 0) is 14.3 Å². The van der Waals surface area contributed by atoms with Crippen LogP contribution in [0, 0.1) is 0 Å². The molecule has 1 atom stereocenters. The van der Waals surface area contributed by atoms with Gasteiger partial charge in [-0.1, -0.05) is 13.2 Å². The molecule has 0 saturated carbocycles. The summed E-state index contributed by atoms with van der Waals surface area (Å²) >= 11 is 0. The fraction of sp³-hybridized carbons (Fsp3) is 0.647. The molecule has 0 aliphatic carbocycles. The number of carbonyl (C=O) groups is 2. The van der Waals surface area contributed by atoms with Crippen LogP contribution >= 0.6 is 0 Å². The minimum atomic E-state index is -8.52. The van der Waals surface area contributed by atoms with E-state index >= 15 is 0 Å². The molecule has 0 radical (unpaired) electrons. The number of alkyl halides is 15. The number of hydrogen-bond donors (Lipinski definition) is 2. The highest BCUT2D eigenvalue weighted by molar-refractivity contribution is 5.84. The summed E-state index contributed by atoms with van der Waals surface area (Å²) in [5.74, 6) is -33.7. The number of carbonyl (C=O) groups excluding carboxylic acids is 1. The second kappa shape index (κ2) is 11.4. The van der Waals surface area contributed by atoms with Crippen LogP contribution in [0.3, 0.4) is 0 Å². The lowest BCUT2D eigenvalue weighted by molar-refractivity contribution is -0.457. The van der Waals surface area contributed by atoms with Gasteiger partial charge in [0.05, 0.1) is 6.10 Å². The fourth-order valence-electron chi connectivity index (χ4n) is 1.88. The third-order valence-electron chi connectivity index (χ3n) is 3.90. The first-order valence-electron chi connectivity index (χ1n) is 8.69. The second-order valence-electron chi connectivity index (χ2n) is 6.86. The number of hydrogen-bond acceptors (Lipinski definition) is 4. The molecule has 2 N–H and O–H groups in total. The zero-order valence-electron chi connectivity index (χ0n) is 17.8. The van der Waals surface area contributed by atoms with Crippen LogP contribution in [0.5, 0.6) is 0 Å². The SMILES string of the molecule is C=C(C)C(=O)O.C=CC(=O)OCC(O)CC(F)(F)C(F)(F)C(F)(F)C(F)(F)C(F)(C(F)(F)F)C(F)(F)F. The van der Waals surface area contributed by atoms with Crippen molar-refractivity contribution in [1.29, 1.82) is 0 Å². The molecule has 0 aromatic carbocycles. The molecular weight excluding hydrogens is 569 g/mol. The first-order valence-corrected chi connectivity index (χ1v) is 8.69. The number of ether oxygens (including phenoxy) is 1. The number of aliphatic hydroxyl groups is 1. The Morgan fingerprint density at radius 1 is 0.811 bits per heavy atom. The van der Waals surface area contributed by atoms with E-state index in [1.54, 1.807) is 0 Å². The minimum absolute atomic E-state index is 0.176. The Kier molecular flexibility index (Phi) is 11.2. The van der Waals surface area contributed by atoms with E-state index < -0.39 is 72.8 Å². The van der Waals surface area contributed by atoms with E-state index in [0.29, 0.717) is 6.08 Å². The van der Waals surface area contributed by atoms with Crippen molar-refractivity contribution in [2.24, 2.45) is 0 Å². The van der Waals surface area contributed by atoms with E-state index in [0.717, 1.165) is 0 Å². The van der Waals surface area contributed by atoms with Gasteiger partial charge in [0.1, 0.15) is 6.61 Å². The minimum Gasteiger partial charge on any atom is -0.478 e. The molecule has 218 valence electrons. The first-order chi connectivity index (χ1) is 16.0. The Bertz CT molecular complexity index is 819. The normalized spacial score (nSPS) is 14.7.